The van der Waals surface area contributed by atoms with E-state index in [0.717, 1.165) is 18.4 Å². The third-order valence-corrected chi connectivity index (χ3v) is 5.71. The number of carbonyl (C=O) groups excluding carboxylic acids is 1. The lowest BCUT2D eigenvalue weighted by Gasteiger charge is -2.25. The topological polar surface area (TPSA) is 92.7 Å². The fourth-order valence-electron chi connectivity index (χ4n) is 3.07. The van der Waals surface area contributed by atoms with Gasteiger partial charge < -0.3 is 15.2 Å². The van der Waals surface area contributed by atoms with Crippen LogP contribution >= 0.6 is 0 Å². The Morgan fingerprint density at radius 3 is 2.80 bits per heavy atom. The monoisotopic (exact) mass is 367 g/mol. The highest BCUT2D eigenvalue weighted by atomic mass is 32.2. The summed E-state index contributed by atoms with van der Waals surface area (Å²) in [5.41, 5.74) is 1.54. The molecule has 0 saturated heterocycles. The second kappa shape index (κ2) is 9.68. The van der Waals surface area contributed by atoms with Crippen LogP contribution in [0.3, 0.4) is 0 Å². The van der Waals surface area contributed by atoms with Gasteiger partial charge in [-0.1, -0.05) is 18.6 Å². The summed E-state index contributed by atoms with van der Waals surface area (Å²) in [7, 11) is 0.568. The molecule has 2 rings (SSSR count). The van der Waals surface area contributed by atoms with Crippen LogP contribution in [0.15, 0.2) is 24.3 Å². The quantitative estimate of drug-likeness (QED) is 0.736. The number of anilines is 1. The number of carboxylic acids is 1. The molecule has 1 saturated carbocycles. The Bertz CT molecular complexity index is 634. The van der Waals surface area contributed by atoms with Crippen molar-refractivity contribution in [2.24, 2.45) is 11.8 Å². The van der Waals surface area contributed by atoms with Gasteiger partial charge in [-0.15, -0.1) is 0 Å². The van der Waals surface area contributed by atoms with E-state index in [1.165, 1.54) is 0 Å². The van der Waals surface area contributed by atoms with Gasteiger partial charge >= 0.3 is 5.97 Å². The molecule has 0 aliphatic heterocycles. The first-order chi connectivity index (χ1) is 12.0. The number of aliphatic carboxylic acids is 1. The first kappa shape index (κ1) is 19.6. The molecule has 1 aliphatic carbocycles. The minimum atomic E-state index is -1.01. The van der Waals surface area contributed by atoms with Crippen molar-refractivity contribution in [1.29, 1.82) is 0 Å². The molecule has 138 valence electrons. The molecular weight excluding hydrogens is 342 g/mol. The van der Waals surface area contributed by atoms with Crippen molar-refractivity contribution < 1.29 is 23.6 Å². The third-order valence-electron chi connectivity index (χ3n) is 4.43. The van der Waals surface area contributed by atoms with Crippen LogP contribution in [0.1, 0.15) is 31.2 Å². The van der Waals surface area contributed by atoms with Crippen LogP contribution < -0.4 is 5.32 Å². The number of carbonyl (C=O) groups is 2. The molecule has 1 amide bonds. The minimum absolute atomic E-state index is 0.136. The van der Waals surface area contributed by atoms with Crippen LogP contribution in [0.2, 0.25) is 0 Å². The van der Waals surface area contributed by atoms with Gasteiger partial charge in [0.15, 0.2) is 0 Å². The van der Waals surface area contributed by atoms with Crippen molar-refractivity contribution in [1.82, 2.24) is 0 Å². The Balaban J connectivity index is 1.93. The number of hydrogen-bond donors (Lipinski definition) is 2. The second-order valence-corrected chi connectivity index (χ2v) is 7.95. The summed E-state index contributed by atoms with van der Waals surface area (Å²) in [5, 5.41) is 12.0. The van der Waals surface area contributed by atoms with E-state index in [1.807, 2.05) is 18.2 Å². The fraction of sp³-hybridized carbons (Fsp3) is 0.556. The lowest BCUT2D eigenvalue weighted by atomic mass is 9.81. The normalized spacial score (nSPS) is 21.5. The molecule has 0 radical (unpaired) electrons. The van der Waals surface area contributed by atoms with E-state index in [4.69, 9.17) is 9.84 Å². The number of benzene rings is 1. The highest BCUT2D eigenvalue weighted by Crippen LogP contribution is 2.30. The van der Waals surface area contributed by atoms with Gasteiger partial charge in [0.05, 0.1) is 12.5 Å². The van der Waals surface area contributed by atoms with Gasteiger partial charge in [0.25, 0.3) is 0 Å². The van der Waals surface area contributed by atoms with Gasteiger partial charge in [-0.3, -0.25) is 13.8 Å². The van der Waals surface area contributed by atoms with Gasteiger partial charge in [-0.25, -0.2) is 0 Å². The summed E-state index contributed by atoms with van der Waals surface area (Å²) in [6.45, 7) is 0.454. The van der Waals surface area contributed by atoms with Crippen molar-refractivity contribution in [2.75, 3.05) is 24.8 Å². The second-order valence-electron chi connectivity index (χ2n) is 6.37. The van der Waals surface area contributed by atoms with Crippen LogP contribution in [0.4, 0.5) is 5.69 Å². The molecule has 0 aromatic heterocycles. The molecule has 0 spiro atoms. The van der Waals surface area contributed by atoms with Crippen molar-refractivity contribution in [3.8, 4) is 0 Å². The number of amides is 1. The molecule has 3 unspecified atom stereocenters. The SMILES string of the molecule is COCCS(=O)Cc1cccc(NC(=O)C2CCCC(C(=O)O)C2)c1. The maximum atomic E-state index is 12.4. The van der Waals surface area contributed by atoms with Crippen LogP contribution in [0.5, 0.6) is 0 Å². The number of carboxylic acid groups (broad SMARTS) is 1. The van der Waals surface area contributed by atoms with E-state index in [0.29, 0.717) is 36.6 Å². The van der Waals surface area contributed by atoms with E-state index in [9.17, 15) is 13.8 Å². The highest BCUT2D eigenvalue weighted by Gasteiger charge is 2.31. The average Bonchev–Trinajstić information content (AvgIpc) is 2.60. The molecule has 1 aromatic carbocycles. The Morgan fingerprint density at radius 2 is 2.08 bits per heavy atom. The van der Waals surface area contributed by atoms with Crippen molar-refractivity contribution in [2.45, 2.75) is 31.4 Å². The molecule has 1 aromatic rings. The molecule has 0 heterocycles. The maximum Gasteiger partial charge on any atom is 0.306 e. The number of hydrogen-bond acceptors (Lipinski definition) is 4. The largest absolute Gasteiger partial charge is 0.481 e. The molecule has 1 aliphatic rings. The zero-order valence-corrected chi connectivity index (χ0v) is 15.2. The predicted molar refractivity (Wildman–Crippen MR) is 96.7 cm³/mol. The van der Waals surface area contributed by atoms with E-state index in [-0.39, 0.29) is 11.8 Å². The van der Waals surface area contributed by atoms with Crippen LogP contribution in [-0.2, 0) is 30.9 Å². The van der Waals surface area contributed by atoms with E-state index in [2.05, 4.69) is 5.32 Å². The molecule has 7 heteroatoms. The van der Waals surface area contributed by atoms with Crippen LogP contribution in [0.25, 0.3) is 0 Å². The number of rotatable bonds is 8. The van der Waals surface area contributed by atoms with Crippen LogP contribution in [-0.4, -0.2) is 40.7 Å². The summed E-state index contributed by atoms with van der Waals surface area (Å²) in [4.78, 5) is 23.6. The smallest absolute Gasteiger partial charge is 0.306 e. The molecular formula is C18H25NO5S. The van der Waals surface area contributed by atoms with E-state index in [1.54, 1.807) is 13.2 Å². The number of ether oxygens (including phenoxy) is 1. The first-order valence-electron chi connectivity index (χ1n) is 8.46. The Kier molecular flexibility index (Phi) is 7.58. The fourth-order valence-corrected chi connectivity index (χ4v) is 4.12. The molecule has 0 bridgehead atoms. The minimum Gasteiger partial charge on any atom is -0.481 e. The standard InChI is InChI=1S/C18H25NO5S/c1-24-8-9-25(23)12-13-4-2-7-16(10-13)19-17(20)14-5-3-6-15(11-14)18(21)22/h2,4,7,10,14-15H,3,5-6,8-9,11-12H2,1H3,(H,19,20)(H,21,22). The molecule has 6 nitrogen and oxygen atoms in total. The molecule has 25 heavy (non-hydrogen) atoms. The summed E-state index contributed by atoms with van der Waals surface area (Å²) >= 11 is 0. The van der Waals surface area contributed by atoms with Crippen LogP contribution in [0, 0.1) is 11.8 Å². The Hall–Kier alpha value is -1.73. The lowest BCUT2D eigenvalue weighted by Crippen LogP contribution is -2.30. The summed E-state index contributed by atoms with van der Waals surface area (Å²) in [6, 6.07) is 7.30. The van der Waals surface area contributed by atoms with E-state index < -0.39 is 22.7 Å². The number of nitrogens with one attached hydrogen (secondary N) is 1. The predicted octanol–water partition coefficient (Wildman–Crippen LogP) is 2.41. The average molecular weight is 367 g/mol. The van der Waals surface area contributed by atoms with Gasteiger partial charge in [0.1, 0.15) is 0 Å². The van der Waals surface area contributed by atoms with Crippen molar-refractivity contribution in [3.05, 3.63) is 29.8 Å². The summed E-state index contributed by atoms with van der Waals surface area (Å²) < 4.78 is 16.9. The van der Waals surface area contributed by atoms with Crippen molar-refractivity contribution in [3.63, 3.8) is 0 Å². The van der Waals surface area contributed by atoms with Gasteiger partial charge in [-0.2, -0.15) is 0 Å². The molecule has 1 fully saturated rings. The maximum absolute atomic E-state index is 12.4. The Morgan fingerprint density at radius 1 is 1.32 bits per heavy atom. The van der Waals surface area contributed by atoms with E-state index >= 15 is 0 Å². The highest BCUT2D eigenvalue weighted by molar-refractivity contribution is 7.84. The zero-order valence-electron chi connectivity index (χ0n) is 14.4. The molecule has 2 N–H and O–H groups in total. The summed E-state index contributed by atoms with van der Waals surface area (Å²) in [5.74, 6) is -0.765. The molecule has 3 atom stereocenters. The first-order valence-corrected chi connectivity index (χ1v) is 9.95. The lowest BCUT2D eigenvalue weighted by molar-refractivity contribution is -0.143. The Labute approximate surface area is 150 Å². The van der Waals surface area contributed by atoms with Gasteiger partial charge in [-0.05, 0) is 37.0 Å². The third kappa shape index (κ3) is 6.25. The van der Waals surface area contributed by atoms with Gasteiger partial charge in [0.2, 0.25) is 5.91 Å². The van der Waals surface area contributed by atoms with Crippen molar-refractivity contribution >= 4 is 28.4 Å². The van der Waals surface area contributed by atoms with Gasteiger partial charge in [0, 0.05) is 41.0 Å². The summed E-state index contributed by atoms with van der Waals surface area (Å²) in [6.07, 6.45) is 2.51. The zero-order chi connectivity index (χ0) is 18.2. The number of methoxy groups -OCH3 is 1.